The summed E-state index contributed by atoms with van der Waals surface area (Å²) in [7, 11) is 0. The summed E-state index contributed by atoms with van der Waals surface area (Å²) in [5, 5.41) is 12.4. The van der Waals surface area contributed by atoms with Gasteiger partial charge in [0.2, 0.25) is 0 Å². The van der Waals surface area contributed by atoms with Gasteiger partial charge in [0.05, 0.1) is 12.3 Å². The van der Waals surface area contributed by atoms with Gasteiger partial charge in [0.25, 0.3) is 5.91 Å². The van der Waals surface area contributed by atoms with Gasteiger partial charge in [-0.05, 0) is 37.3 Å². The number of hydrogen-bond acceptors (Lipinski definition) is 4. The van der Waals surface area contributed by atoms with E-state index in [1.165, 1.54) is 12.1 Å². The van der Waals surface area contributed by atoms with Crippen molar-refractivity contribution in [1.29, 1.82) is 0 Å². The van der Waals surface area contributed by atoms with E-state index in [1.54, 1.807) is 49.4 Å². The Hall–Kier alpha value is -2.83. The molecule has 2 aromatic carbocycles. The van der Waals surface area contributed by atoms with E-state index in [0.717, 1.165) is 5.56 Å². The van der Waals surface area contributed by atoms with Gasteiger partial charge < -0.3 is 10.4 Å². The van der Waals surface area contributed by atoms with Gasteiger partial charge in [0, 0.05) is 22.2 Å². The molecule has 0 aliphatic rings. The highest BCUT2D eigenvalue weighted by molar-refractivity contribution is 6.30. The molecule has 0 aliphatic heterocycles. The molecule has 2 N–H and O–H groups in total. The van der Waals surface area contributed by atoms with Crippen LogP contribution < -0.4 is 5.32 Å². The van der Waals surface area contributed by atoms with Crippen LogP contribution in [-0.2, 0) is 0 Å². The maximum Gasteiger partial charge on any atom is 0.270 e. The van der Waals surface area contributed by atoms with Crippen molar-refractivity contribution >= 4 is 17.5 Å². The fraction of sp³-hybridized carbons (Fsp3) is 0.150. The molecule has 0 aliphatic carbocycles. The van der Waals surface area contributed by atoms with Crippen molar-refractivity contribution in [1.82, 2.24) is 15.3 Å². The maximum absolute atomic E-state index is 13.6. The molecule has 3 aromatic rings. The Morgan fingerprint density at radius 3 is 2.56 bits per heavy atom. The van der Waals surface area contributed by atoms with Crippen molar-refractivity contribution < 1.29 is 14.3 Å². The van der Waals surface area contributed by atoms with Gasteiger partial charge in [-0.1, -0.05) is 35.9 Å². The normalized spacial score (nSPS) is 11.9. The Labute approximate surface area is 160 Å². The Morgan fingerprint density at radius 2 is 1.89 bits per heavy atom. The van der Waals surface area contributed by atoms with E-state index in [2.05, 4.69) is 15.3 Å². The molecular weight excluding hydrogens is 369 g/mol. The minimum atomic E-state index is -0.452. The maximum atomic E-state index is 13.6. The van der Waals surface area contributed by atoms with Crippen LogP contribution in [-0.4, -0.2) is 33.6 Å². The van der Waals surface area contributed by atoms with Crippen LogP contribution in [0.4, 0.5) is 4.39 Å². The molecule has 7 heteroatoms. The van der Waals surface area contributed by atoms with Gasteiger partial charge in [-0.3, -0.25) is 4.79 Å². The quantitative estimate of drug-likeness (QED) is 0.702. The first-order chi connectivity index (χ1) is 13.0. The first kappa shape index (κ1) is 18.9. The second kappa shape index (κ2) is 8.24. The molecular formula is C20H17ClFN3O2. The Morgan fingerprint density at radius 1 is 1.15 bits per heavy atom. The number of nitrogens with zero attached hydrogens (tertiary/aromatic N) is 2. The zero-order valence-electron chi connectivity index (χ0n) is 14.5. The highest BCUT2D eigenvalue weighted by atomic mass is 35.5. The van der Waals surface area contributed by atoms with Gasteiger partial charge in [-0.15, -0.1) is 0 Å². The van der Waals surface area contributed by atoms with Crippen molar-refractivity contribution in [3.63, 3.8) is 0 Å². The van der Waals surface area contributed by atoms with Crippen LogP contribution >= 0.6 is 11.6 Å². The smallest absolute Gasteiger partial charge is 0.270 e. The minimum absolute atomic E-state index is 0.120. The Balaban J connectivity index is 2.10. The van der Waals surface area contributed by atoms with Crippen LogP contribution in [0.15, 0.2) is 54.6 Å². The number of halogens is 2. The van der Waals surface area contributed by atoms with Crippen LogP contribution in [0.2, 0.25) is 5.02 Å². The lowest BCUT2D eigenvalue weighted by Crippen LogP contribution is -2.35. The van der Waals surface area contributed by atoms with Crippen molar-refractivity contribution in [3.05, 3.63) is 71.1 Å². The average molecular weight is 386 g/mol. The summed E-state index contributed by atoms with van der Waals surface area (Å²) < 4.78 is 13.6. The second-order valence-electron chi connectivity index (χ2n) is 6.04. The fourth-order valence-corrected chi connectivity index (χ4v) is 2.56. The highest BCUT2D eigenvalue weighted by Gasteiger charge is 2.16. The first-order valence-electron chi connectivity index (χ1n) is 8.29. The van der Waals surface area contributed by atoms with Gasteiger partial charge in [-0.25, -0.2) is 14.4 Å². The highest BCUT2D eigenvalue weighted by Crippen LogP contribution is 2.24. The van der Waals surface area contributed by atoms with Crippen LogP contribution in [0.3, 0.4) is 0 Å². The predicted octanol–water partition coefficient (Wildman–Crippen LogP) is 3.71. The Bertz CT molecular complexity index is 964. The van der Waals surface area contributed by atoms with E-state index >= 15 is 0 Å². The van der Waals surface area contributed by atoms with Crippen LogP contribution in [0.25, 0.3) is 22.6 Å². The molecule has 0 bridgehead atoms. The van der Waals surface area contributed by atoms with E-state index in [4.69, 9.17) is 16.7 Å². The fourth-order valence-electron chi connectivity index (χ4n) is 2.43. The molecule has 1 amide bonds. The lowest BCUT2D eigenvalue weighted by molar-refractivity contribution is 0.0917. The summed E-state index contributed by atoms with van der Waals surface area (Å²) in [6.45, 7) is 1.48. The van der Waals surface area contributed by atoms with E-state index in [-0.39, 0.29) is 18.1 Å². The molecule has 27 heavy (non-hydrogen) atoms. The average Bonchev–Trinajstić information content (AvgIpc) is 2.68. The third kappa shape index (κ3) is 4.67. The molecule has 3 rings (SSSR count). The van der Waals surface area contributed by atoms with Gasteiger partial charge >= 0.3 is 0 Å². The molecule has 0 fully saturated rings. The Kier molecular flexibility index (Phi) is 5.78. The topological polar surface area (TPSA) is 75.1 Å². The number of nitrogens with one attached hydrogen (secondary N) is 1. The van der Waals surface area contributed by atoms with Crippen molar-refractivity contribution in [2.45, 2.75) is 13.0 Å². The molecule has 1 heterocycles. The summed E-state index contributed by atoms with van der Waals surface area (Å²) in [5.41, 5.74) is 1.82. The number of benzene rings is 2. The van der Waals surface area contributed by atoms with E-state index in [1.807, 2.05) is 0 Å². The van der Waals surface area contributed by atoms with E-state index < -0.39 is 17.8 Å². The molecule has 1 aromatic heterocycles. The third-order valence-electron chi connectivity index (χ3n) is 3.83. The van der Waals surface area contributed by atoms with Crippen LogP contribution in [0, 0.1) is 5.82 Å². The van der Waals surface area contributed by atoms with Crippen molar-refractivity contribution in [2.24, 2.45) is 0 Å². The molecule has 1 atom stereocenters. The van der Waals surface area contributed by atoms with Crippen LogP contribution in [0.5, 0.6) is 0 Å². The minimum Gasteiger partial charge on any atom is -0.394 e. The number of rotatable bonds is 5. The SMILES string of the molecule is C[C@H](CO)NC(=O)c1cc(-c2ccc(Cl)cc2)nc(-c2cccc(F)c2)n1. The standard InChI is InChI=1S/C20H17ClFN3O2/c1-12(11-26)23-20(27)18-10-17(13-5-7-15(21)8-6-13)24-19(25-18)14-3-2-4-16(22)9-14/h2-10,12,26H,11H2,1H3,(H,23,27)/t12-/m1/s1. The molecule has 0 saturated heterocycles. The molecule has 0 saturated carbocycles. The third-order valence-corrected chi connectivity index (χ3v) is 4.08. The molecule has 0 spiro atoms. The van der Waals surface area contributed by atoms with Crippen molar-refractivity contribution in [2.75, 3.05) is 6.61 Å². The number of carbonyl (C=O) groups is 1. The predicted molar refractivity (Wildman–Crippen MR) is 102 cm³/mol. The number of aliphatic hydroxyl groups is 1. The monoisotopic (exact) mass is 385 g/mol. The second-order valence-corrected chi connectivity index (χ2v) is 6.47. The summed E-state index contributed by atoms with van der Waals surface area (Å²) in [5.74, 6) is -0.650. The van der Waals surface area contributed by atoms with E-state index in [9.17, 15) is 9.18 Å². The first-order valence-corrected chi connectivity index (χ1v) is 8.67. The number of aliphatic hydroxyl groups excluding tert-OH is 1. The molecule has 5 nitrogen and oxygen atoms in total. The van der Waals surface area contributed by atoms with Gasteiger partial charge in [0.1, 0.15) is 11.5 Å². The number of amides is 1. The summed E-state index contributed by atoms with van der Waals surface area (Å²) in [6, 6.07) is 14.0. The number of aromatic nitrogens is 2. The molecule has 0 unspecified atom stereocenters. The summed E-state index contributed by atoms with van der Waals surface area (Å²) >= 11 is 5.94. The summed E-state index contributed by atoms with van der Waals surface area (Å²) in [4.78, 5) is 21.2. The van der Waals surface area contributed by atoms with Gasteiger partial charge in [0.15, 0.2) is 5.82 Å². The largest absolute Gasteiger partial charge is 0.394 e. The van der Waals surface area contributed by atoms with E-state index in [0.29, 0.717) is 16.3 Å². The lowest BCUT2D eigenvalue weighted by atomic mass is 10.1. The number of carbonyl (C=O) groups excluding carboxylic acids is 1. The summed E-state index contributed by atoms with van der Waals surface area (Å²) in [6.07, 6.45) is 0. The van der Waals surface area contributed by atoms with Crippen LogP contribution in [0.1, 0.15) is 17.4 Å². The zero-order chi connectivity index (χ0) is 19.4. The lowest BCUT2D eigenvalue weighted by Gasteiger charge is -2.12. The van der Waals surface area contributed by atoms with Gasteiger partial charge in [-0.2, -0.15) is 0 Å². The number of hydrogen-bond donors (Lipinski definition) is 2. The molecule has 138 valence electrons. The zero-order valence-corrected chi connectivity index (χ0v) is 15.2. The van der Waals surface area contributed by atoms with Crippen molar-refractivity contribution in [3.8, 4) is 22.6 Å². The molecule has 0 radical (unpaired) electrons.